The lowest BCUT2D eigenvalue weighted by Crippen LogP contribution is -2.31. The zero-order valence-corrected chi connectivity index (χ0v) is 11.9. The van der Waals surface area contributed by atoms with E-state index in [2.05, 4.69) is 30.9 Å². The van der Waals surface area contributed by atoms with Gasteiger partial charge in [0.2, 0.25) is 5.79 Å². The van der Waals surface area contributed by atoms with E-state index < -0.39 is 5.79 Å². The second-order valence-corrected chi connectivity index (χ2v) is 5.23. The quantitative estimate of drug-likeness (QED) is 0.917. The van der Waals surface area contributed by atoms with Crippen LogP contribution < -0.4 is 5.73 Å². The highest BCUT2D eigenvalue weighted by atomic mass is 79.9. The van der Waals surface area contributed by atoms with E-state index in [1.54, 1.807) is 12.1 Å². The van der Waals surface area contributed by atoms with Crippen LogP contribution in [0.5, 0.6) is 0 Å². The molecular weight excluding hydrogens is 333 g/mol. The molecule has 20 heavy (non-hydrogen) atoms. The molecule has 8 heteroatoms. The molecule has 106 valence electrons. The Balaban J connectivity index is 1.96. The first-order chi connectivity index (χ1) is 9.61. The van der Waals surface area contributed by atoms with Gasteiger partial charge in [0.15, 0.2) is 11.5 Å². The van der Waals surface area contributed by atoms with E-state index in [0.29, 0.717) is 29.8 Å². The third-order valence-electron chi connectivity index (χ3n) is 3.05. The standard InChI is InChI=1S/C12H11BrFN3O3/c13-8-5-7(1-2-9(8)14)6-12(18-3-4-19-12)10-11(15)17-20-16-10/h1-2,5H,3-4,6H2,(H2,15,17). The fourth-order valence-electron chi connectivity index (χ4n) is 2.16. The Morgan fingerprint density at radius 3 is 2.65 bits per heavy atom. The fourth-order valence-corrected chi connectivity index (χ4v) is 2.58. The van der Waals surface area contributed by atoms with Crippen molar-refractivity contribution in [3.8, 4) is 0 Å². The van der Waals surface area contributed by atoms with Crippen molar-refractivity contribution in [1.82, 2.24) is 10.3 Å². The number of rotatable bonds is 3. The summed E-state index contributed by atoms with van der Waals surface area (Å²) in [5.74, 6) is -1.35. The van der Waals surface area contributed by atoms with E-state index in [1.165, 1.54) is 6.07 Å². The first-order valence-corrected chi connectivity index (χ1v) is 6.70. The number of ether oxygens (including phenoxy) is 2. The number of hydrogen-bond donors (Lipinski definition) is 1. The van der Waals surface area contributed by atoms with Crippen LogP contribution in [-0.4, -0.2) is 23.5 Å². The van der Waals surface area contributed by atoms with Gasteiger partial charge >= 0.3 is 0 Å². The van der Waals surface area contributed by atoms with Gasteiger partial charge in [-0.15, -0.1) is 0 Å². The molecule has 0 saturated carbocycles. The van der Waals surface area contributed by atoms with Gasteiger partial charge in [-0.3, -0.25) is 0 Å². The molecule has 1 saturated heterocycles. The molecule has 2 aromatic rings. The van der Waals surface area contributed by atoms with Crippen molar-refractivity contribution in [2.45, 2.75) is 12.2 Å². The number of hydrogen-bond acceptors (Lipinski definition) is 6. The van der Waals surface area contributed by atoms with Gasteiger partial charge in [0.05, 0.1) is 17.7 Å². The largest absolute Gasteiger partial charge is 0.379 e. The van der Waals surface area contributed by atoms with E-state index in [9.17, 15) is 4.39 Å². The van der Waals surface area contributed by atoms with Gasteiger partial charge in [-0.2, -0.15) is 0 Å². The van der Waals surface area contributed by atoms with E-state index in [1.807, 2.05) is 0 Å². The molecule has 2 N–H and O–H groups in total. The van der Waals surface area contributed by atoms with Crippen LogP contribution in [0.3, 0.4) is 0 Å². The van der Waals surface area contributed by atoms with Crippen LogP contribution in [0.2, 0.25) is 0 Å². The lowest BCUT2D eigenvalue weighted by Gasteiger charge is -2.25. The van der Waals surface area contributed by atoms with Gasteiger partial charge in [-0.1, -0.05) is 6.07 Å². The highest BCUT2D eigenvalue weighted by Gasteiger charge is 2.44. The van der Waals surface area contributed by atoms with Crippen LogP contribution in [0.25, 0.3) is 0 Å². The lowest BCUT2D eigenvalue weighted by molar-refractivity contribution is -0.168. The predicted molar refractivity (Wildman–Crippen MR) is 70.1 cm³/mol. The number of benzene rings is 1. The monoisotopic (exact) mass is 343 g/mol. The van der Waals surface area contributed by atoms with E-state index in [0.717, 1.165) is 5.56 Å². The molecule has 1 aromatic carbocycles. The molecule has 6 nitrogen and oxygen atoms in total. The maximum Gasteiger partial charge on any atom is 0.224 e. The van der Waals surface area contributed by atoms with E-state index in [-0.39, 0.29) is 11.6 Å². The van der Waals surface area contributed by atoms with E-state index >= 15 is 0 Å². The van der Waals surface area contributed by atoms with Crippen molar-refractivity contribution < 1.29 is 18.5 Å². The molecular formula is C12H11BrFN3O3. The molecule has 1 aromatic heterocycles. The van der Waals surface area contributed by atoms with Gasteiger partial charge in [0, 0.05) is 6.42 Å². The highest BCUT2D eigenvalue weighted by Crippen LogP contribution is 2.36. The van der Waals surface area contributed by atoms with Crippen molar-refractivity contribution in [1.29, 1.82) is 0 Å². The second kappa shape index (κ2) is 5.12. The summed E-state index contributed by atoms with van der Waals surface area (Å²) in [5, 5.41) is 7.30. The molecule has 0 unspecified atom stereocenters. The zero-order valence-electron chi connectivity index (χ0n) is 10.3. The minimum absolute atomic E-state index is 0.119. The molecule has 0 spiro atoms. The van der Waals surface area contributed by atoms with Crippen molar-refractivity contribution in [3.63, 3.8) is 0 Å². The second-order valence-electron chi connectivity index (χ2n) is 4.37. The predicted octanol–water partition coefficient (Wildman–Crippen LogP) is 2.00. The summed E-state index contributed by atoms with van der Waals surface area (Å²) in [7, 11) is 0. The molecule has 2 heterocycles. The Morgan fingerprint density at radius 2 is 2.05 bits per heavy atom. The summed E-state index contributed by atoms with van der Waals surface area (Å²) >= 11 is 3.15. The van der Waals surface area contributed by atoms with Crippen LogP contribution in [-0.2, 0) is 21.7 Å². The highest BCUT2D eigenvalue weighted by molar-refractivity contribution is 9.10. The Morgan fingerprint density at radius 1 is 1.30 bits per heavy atom. The number of anilines is 1. The molecule has 0 amide bonds. The van der Waals surface area contributed by atoms with Crippen molar-refractivity contribution in [2.24, 2.45) is 0 Å². The van der Waals surface area contributed by atoms with E-state index in [4.69, 9.17) is 15.2 Å². The molecule has 3 rings (SSSR count). The summed E-state index contributed by atoms with van der Waals surface area (Å²) in [4.78, 5) is 0. The Bertz CT molecular complexity index is 628. The fraction of sp³-hybridized carbons (Fsp3) is 0.333. The summed E-state index contributed by atoms with van der Waals surface area (Å²) in [5.41, 5.74) is 6.83. The third-order valence-corrected chi connectivity index (χ3v) is 3.66. The van der Waals surface area contributed by atoms with Crippen molar-refractivity contribution in [3.05, 3.63) is 39.7 Å². The molecule has 0 atom stereocenters. The Hall–Kier alpha value is -1.51. The van der Waals surface area contributed by atoms with Gasteiger partial charge in [-0.05, 0) is 43.9 Å². The first kappa shape index (κ1) is 13.5. The number of nitrogens with zero attached hydrogens (tertiary/aromatic N) is 2. The maximum atomic E-state index is 13.3. The first-order valence-electron chi connectivity index (χ1n) is 5.91. The maximum absolute atomic E-state index is 13.3. The molecule has 0 radical (unpaired) electrons. The Kier molecular flexibility index (Phi) is 3.45. The number of nitrogen functional groups attached to an aromatic ring is 1. The molecule has 1 aliphatic heterocycles. The van der Waals surface area contributed by atoms with Crippen LogP contribution in [0.15, 0.2) is 27.3 Å². The van der Waals surface area contributed by atoms with Crippen LogP contribution in [0, 0.1) is 5.82 Å². The minimum Gasteiger partial charge on any atom is -0.379 e. The van der Waals surface area contributed by atoms with Crippen molar-refractivity contribution >= 4 is 21.7 Å². The molecule has 0 bridgehead atoms. The average Bonchev–Trinajstić information content (AvgIpc) is 3.04. The molecule has 1 fully saturated rings. The van der Waals surface area contributed by atoms with Gasteiger partial charge < -0.3 is 15.2 Å². The zero-order chi connectivity index (χ0) is 14.2. The summed E-state index contributed by atoms with van der Waals surface area (Å²) < 4.78 is 29.6. The summed E-state index contributed by atoms with van der Waals surface area (Å²) in [6, 6.07) is 4.68. The molecule has 1 aliphatic rings. The SMILES string of the molecule is Nc1nonc1C1(Cc2ccc(F)c(Br)c2)OCCO1. The molecule has 0 aliphatic carbocycles. The smallest absolute Gasteiger partial charge is 0.224 e. The van der Waals surface area contributed by atoms with Crippen LogP contribution in [0.1, 0.15) is 11.3 Å². The normalized spacial score (nSPS) is 17.5. The van der Waals surface area contributed by atoms with Gasteiger partial charge in [0.1, 0.15) is 5.82 Å². The topological polar surface area (TPSA) is 83.4 Å². The van der Waals surface area contributed by atoms with Crippen LogP contribution >= 0.6 is 15.9 Å². The number of aromatic nitrogens is 2. The average molecular weight is 344 g/mol. The van der Waals surface area contributed by atoms with Gasteiger partial charge in [-0.25, -0.2) is 9.02 Å². The van der Waals surface area contributed by atoms with Crippen molar-refractivity contribution in [2.75, 3.05) is 18.9 Å². The summed E-state index contributed by atoms with van der Waals surface area (Å²) in [6.07, 6.45) is 0.324. The summed E-state index contributed by atoms with van der Waals surface area (Å²) in [6.45, 7) is 0.823. The lowest BCUT2D eigenvalue weighted by atomic mass is 10.0. The van der Waals surface area contributed by atoms with Crippen LogP contribution in [0.4, 0.5) is 10.2 Å². The third kappa shape index (κ3) is 2.30. The number of nitrogens with two attached hydrogens (primary N) is 1. The Labute approximate surface area is 122 Å². The van der Waals surface area contributed by atoms with Gasteiger partial charge in [0.25, 0.3) is 0 Å². The number of halogens is 2. The minimum atomic E-state index is -1.14.